The van der Waals surface area contributed by atoms with Gasteiger partial charge in [-0.2, -0.15) is 5.26 Å². The maximum atomic E-state index is 8.86. The van der Waals surface area contributed by atoms with Crippen molar-refractivity contribution in [1.82, 2.24) is 10.6 Å². The molecule has 0 saturated carbocycles. The first kappa shape index (κ1) is 23.6. The molecule has 0 bridgehead atoms. The van der Waals surface area contributed by atoms with Crippen molar-refractivity contribution < 1.29 is 9.47 Å². The Balaban J connectivity index is 0.00000392. The van der Waals surface area contributed by atoms with Gasteiger partial charge in [0.15, 0.2) is 17.5 Å². The highest BCUT2D eigenvalue weighted by atomic mass is 127. The molecule has 2 aromatic rings. The van der Waals surface area contributed by atoms with Gasteiger partial charge < -0.3 is 20.1 Å². The summed E-state index contributed by atoms with van der Waals surface area (Å²) >= 11 is 0. The molecule has 1 atom stereocenters. The molecule has 2 N–H and O–H groups in total. The largest absolute Gasteiger partial charge is 0.493 e. The van der Waals surface area contributed by atoms with Crippen molar-refractivity contribution in [2.24, 2.45) is 4.99 Å². The molecular formula is C21H27IN4O2. The second-order valence-electron chi connectivity index (χ2n) is 5.96. The van der Waals surface area contributed by atoms with Crippen LogP contribution in [0.2, 0.25) is 0 Å². The topological polar surface area (TPSA) is 78.7 Å². The molecule has 0 radical (unpaired) electrons. The molecule has 0 aliphatic heterocycles. The van der Waals surface area contributed by atoms with E-state index in [9.17, 15) is 0 Å². The maximum Gasteiger partial charge on any atom is 0.191 e. The van der Waals surface area contributed by atoms with Crippen molar-refractivity contribution in [3.63, 3.8) is 0 Å². The Hall–Kier alpha value is -2.47. The predicted octanol–water partition coefficient (Wildman–Crippen LogP) is 3.71. The predicted molar refractivity (Wildman–Crippen MR) is 122 cm³/mol. The van der Waals surface area contributed by atoms with Crippen molar-refractivity contribution >= 4 is 29.9 Å². The Morgan fingerprint density at radius 3 is 2.39 bits per heavy atom. The van der Waals surface area contributed by atoms with E-state index in [1.807, 2.05) is 50.2 Å². The minimum absolute atomic E-state index is 0. The summed E-state index contributed by atoms with van der Waals surface area (Å²) in [6.07, 6.45) is -0.0694. The molecule has 0 saturated heterocycles. The molecule has 2 aromatic carbocycles. The van der Waals surface area contributed by atoms with Crippen LogP contribution >= 0.6 is 24.0 Å². The lowest BCUT2D eigenvalue weighted by Crippen LogP contribution is -2.41. The highest BCUT2D eigenvalue weighted by molar-refractivity contribution is 14.0. The number of rotatable bonds is 8. The van der Waals surface area contributed by atoms with Crippen LogP contribution in [0.25, 0.3) is 0 Å². The average Bonchev–Trinajstić information content (AvgIpc) is 2.71. The summed E-state index contributed by atoms with van der Waals surface area (Å²) in [5.74, 6) is 2.15. The summed E-state index contributed by atoms with van der Waals surface area (Å²) in [4.78, 5) is 4.58. The monoisotopic (exact) mass is 494 g/mol. The van der Waals surface area contributed by atoms with Gasteiger partial charge >= 0.3 is 0 Å². The normalized spacial score (nSPS) is 11.6. The van der Waals surface area contributed by atoms with Crippen molar-refractivity contribution in [1.29, 1.82) is 5.26 Å². The van der Waals surface area contributed by atoms with Gasteiger partial charge in [0.25, 0.3) is 0 Å². The van der Waals surface area contributed by atoms with E-state index < -0.39 is 0 Å². The van der Waals surface area contributed by atoms with Gasteiger partial charge in [-0.05, 0) is 43.7 Å². The van der Waals surface area contributed by atoms with Crippen LogP contribution in [-0.4, -0.2) is 32.3 Å². The number of nitriles is 1. The number of hydrogen-bond acceptors (Lipinski definition) is 4. The first-order valence-corrected chi connectivity index (χ1v) is 8.97. The van der Waals surface area contributed by atoms with E-state index >= 15 is 0 Å². The minimum Gasteiger partial charge on any atom is -0.493 e. The van der Waals surface area contributed by atoms with E-state index in [0.717, 1.165) is 18.1 Å². The van der Waals surface area contributed by atoms with E-state index in [4.69, 9.17) is 14.7 Å². The van der Waals surface area contributed by atoms with Crippen LogP contribution in [0.1, 0.15) is 25.0 Å². The number of nitrogens with zero attached hydrogens (tertiary/aromatic N) is 2. The molecule has 0 aliphatic rings. The summed E-state index contributed by atoms with van der Waals surface area (Å²) in [6, 6.07) is 17.1. The van der Waals surface area contributed by atoms with Crippen LogP contribution in [0.3, 0.4) is 0 Å². The van der Waals surface area contributed by atoms with Gasteiger partial charge in [-0.3, -0.25) is 0 Å². The van der Waals surface area contributed by atoms with Crippen molar-refractivity contribution in [2.45, 2.75) is 26.5 Å². The molecule has 0 aromatic heterocycles. The molecule has 28 heavy (non-hydrogen) atoms. The number of methoxy groups -OCH3 is 1. The molecule has 7 heteroatoms. The minimum atomic E-state index is -0.0694. The first-order chi connectivity index (χ1) is 13.2. The molecule has 0 spiro atoms. The van der Waals surface area contributed by atoms with Gasteiger partial charge in [0.1, 0.15) is 6.10 Å². The van der Waals surface area contributed by atoms with Gasteiger partial charge in [0.05, 0.1) is 31.8 Å². The smallest absolute Gasteiger partial charge is 0.191 e. The summed E-state index contributed by atoms with van der Waals surface area (Å²) in [5.41, 5.74) is 1.69. The number of nitrogens with one attached hydrogen (secondary N) is 2. The maximum absolute atomic E-state index is 8.86. The second-order valence-corrected chi connectivity index (χ2v) is 5.96. The summed E-state index contributed by atoms with van der Waals surface area (Å²) in [5, 5.41) is 15.4. The standard InChI is InChI=1S/C21H26N4O2.HI/c1-4-23-21(25-15-18-11-9-17(13-22)10-12-18)24-14-16(2)27-20-8-6-5-7-19(20)26-3;/h5-12,16H,4,14-15H2,1-3H3,(H2,23,24,25);1H. The van der Waals surface area contributed by atoms with Gasteiger partial charge in [0.2, 0.25) is 0 Å². The molecule has 0 aliphatic carbocycles. The van der Waals surface area contributed by atoms with E-state index in [2.05, 4.69) is 21.7 Å². The Kier molecular flexibility index (Phi) is 10.8. The molecule has 2 rings (SSSR count). The quantitative estimate of drug-likeness (QED) is 0.333. The van der Waals surface area contributed by atoms with Crippen LogP contribution in [0.5, 0.6) is 11.5 Å². The van der Waals surface area contributed by atoms with Gasteiger partial charge in [-0.1, -0.05) is 24.3 Å². The number of hydrogen-bond donors (Lipinski definition) is 2. The zero-order valence-corrected chi connectivity index (χ0v) is 18.8. The van der Waals surface area contributed by atoms with E-state index in [-0.39, 0.29) is 30.1 Å². The Bertz CT molecular complexity index is 788. The van der Waals surface area contributed by atoms with E-state index in [0.29, 0.717) is 30.2 Å². The number of para-hydroxylation sites is 2. The molecule has 1 unspecified atom stereocenters. The lowest BCUT2D eigenvalue weighted by atomic mass is 10.1. The molecule has 0 amide bonds. The SMILES string of the molecule is CCNC(=NCc1ccc(C#N)cc1)NCC(C)Oc1ccccc1OC.I. The number of aliphatic imine (C=N–C) groups is 1. The van der Waals surface area contributed by atoms with E-state index in [1.165, 1.54) is 0 Å². The summed E-state index contributed by atoms with van der Waals surface area (Å²) in [7, 11) is 1.63. The molecule has 0 heterocycles. The number of halogens is 1. The number of benzene rings is 2. The summed E-state index contributed by atoms with van der Waals surface area (Å²) < 4.78 is 11.3. The fourth-order valence-corrected chi connectivity index (χ4v) is 2.41. The van der Waals surface area contributed by atoms with Crippen LogP contribution in [0.15, 0.2) is 53.5 Å². The van der Waals surface area contributed by atoms with Crippen LogP contribution in [-0.2, 0) is 6.54 Å². The van der Waals surface area contributed by atoms with E-state index in [1.54, 1.807) is 19.2 Å². The molecule has 6 nitrogen and oxygen atoms in total. The molecule has 150 valence electrons. The third kappa shape index (κ3) is 7.64. The van der Waals surface area contributed by atoms with Crippen LogP contribution in [0.4, 0.5) is 0 Å². The van der Waals surface area contributed by atoms with Crippen LogP contribution < -0.4 is 20.1 Å². The van der Waals surface area contributed by atoms with Crippen LogP contribution in [0, 0.1) is 11.3 Å². The lowest BCUT2D eigenvalue weighted by Gasteiger charge is -2.19. The zero-order valence-electron chi connectivity index (χ0n) is 16.4. The van der Waals surface area contributed by atoms with Crippen molar-refractivity contribution in [2.75, 3.05) is 20.2 Å². The van der Waals surface area contributed by atoms with Crippen molar-refractivity contribution in [3.8, 4) is 17.6 Å². The Morgan fingerprint density at radius 1 is 1.11 bits per heavy atom. The highest BCUT2D eigenvalue weighted by Crippen LogP contribution is 2.26. The molecular weight excluding hydrogens is 467 g/mol. The average molecular weight is 494 g/mol. The third-order valence-electron chi connectivity index (χ3n) is 3.80. The lowest BCUT2D eigenvalue weighted by molar-refractivity contribution is 0.213. The Labute approximate surface area is 184 Å². The third-order valence-corrected chi connectivity index (χ3v) is 3.80. The second kappa shape index (κ2) is 12.8. The van der Waals surface area contributed by atoms with Crippen molar-refractivity contribution in [3.05, 3.63) is 59.7 Å². The summed E-state index contributed by atoms with van der Waals surface area (Å²) in [6.45, 7) is 5.90. The highest BCUT2D eigenvalue weighted by Gasteiger charge is 2.09. The van der Waals surface area contributed by atoms with Gasteiger partial charge in [-0.15, -0.1) is 24.0 Å². The zero-order chi connectivity index (χ0) is 19.5. The fourth-order valence-electron chi connectivity index (χ4n) is 2.41. The first-order valence-electron chi connectivity index (χ1n) is 8.97. The number of ether oxygens (including phenoxy) is 2. The number of guanidine groups is 1. The Morgan fingerprint density at radius 2 is 1.79 bits per heavy atom. The fraction of sp³-hybridized carbons (Fsp3) is 0.333. The molecule has 0 fully saturated rings. The van der Waals surface area contributed by atoms with Gasteiger partial charge in [-0.25, -0.2) is 4.99 Å². The van der Waals surface area contributed by atoms with Gasteiger partial charge in [0, 0.05) is 6.54 Å².